The normalized spacial score (nSPS) is 13.1. The second-order valence-electron chi connectivity index (χ2n) is 2.86. The van der Waals surface area contributed by atoms with Crippen LogP contribution in [0.3, 0.4) is 0 Å². The van der Waals surface area contributed by atoms with Crippen molar-refractivity contribution in [3.63, 3.8) is 0 Å². The summed E-state index contributed by atoms with van der Waals surface area (Å²) in [6, 6.07) is 0. The fraction of sp³-hybridized carbons (Fsp3) is 0.375. The Balaban J connectivity index is 2.39. The van der Waals surface area contributed by atoms with Crippen molar-refractivity contribution < 1.29 is 8.94 Å². The molecule has 0 aliphatic heterocycles. The smallest absolute Gasteiger partial charge is 0.253 e. The Labute approximate surface area is 85.1 Å². The maximum atomic E-state index is 5.78. The molecule has 2 rings (SSSR count). The van der Waals surface area contributed by atoms with Crippen molar-refractivity contribution in [3.05, 3.63) is 17.8 Å². The summed E-state index contributed by atoms with van der Waals surface area (Å²) in [4.78, 5) is 0. The molecule has 0 saturated carbocycles. The van der Waals surface area contributed by atoms with Crippen molar-refractivity contribution in [2.75, 3.05) is 0 Å². The highest BCUT2D eigenvalue weighted by Crippen LogP contribution is 2.25. The summed E-state index contributed by atoms with van der Waals surface area (Å²) in [7, 11) is 0. The molecule has 5 nitrogen and oxygen atoms in total. The maximum Gasteiger partial charge on any atom is 0.253 e. The molecular weight excluding hydrogens is 206 g/mol. The minimum absolute atomic E-state index is 0.295. The van der Waals surface area contributed by atoms with Gasteiger partial charge in [-0.15, -0.1) is 21.8 Å². The molecule has 0 fully saturated rings. The van der Waals surface area contributed by atoms with Crippen molar-refractivity contribution in [2.45, 2.75) is 19.2 Å². The van der Waals surface area contributed by atoms with Gasteiger partial charge >= 0.3 is 0 Å². The van der Waals surface area contributed by atoms with Crippen molar-refractivity contribution in [2.24, 2.45) is 0 Å². The highest BCUT2D eigenvalue weighted by molar-refractivity contribution is 6.20. The van der Waals surface area contributed by atoms with E-state index >= 15 is 0 Å². The van der Waals surface area contributed by atoms with E-state index in [9.17, 15) is 0 Å². The summed E-state index contributed by atoms with van der Waals surface area (Å²) in [5.74, 6) is 1.41. The molecule has 0 amide bonds. The second kappa shape index (κ2) is 3.42. The fourth-order valence-electron chi connectivity index (χ4n) is 1.01. The SMILES string of the molecule is Cc1oncc1-c1nnc(C(C)Cl)o1. The number of aromatic nitrogens is 3. The summed E-state index contributed by atoms with van der Waals surface area (Å²) < 4.78 is 10.2. The third-order valence-corrected chi connectivity index (χ3v) is 1.95. The molecule has 0 aliphatic rings. The average molecular weight is 214 g/mol. The summed E-state index contributed by atoms with van der Waals surface area (Å²) in [6.45, 7) is 3.54. The first-order valence-corrected chi connectivity index (χ1v) is 4.51. The van der Waals surface area contributed by atoms with E-state index in [1.807, 2.05) is 0 Å². The van der Waals surface area contributed by atoms with Crippen LogP contribution in [0.4, 0.5) is 0 Å². The molecular formula is C8H8ClN3O2. The van der Waals surface area contributed by atoms with E-state index in [0.717, 1.165) is 0 Å². The Kier molecular flexibility index (Phi) is 2.25. The molecule has 2 heterocycles. The number of alkyl halides is 1. The van der Waals surface area contributed by atoms with Gasteiger partial charge in [-0.3, -0.25) is 0 Å². The van der Waals surface area contributed by atoms with Crippen molar-refractivity contribution in [3.8, 4) is 11.5 Å². The van der Waals surface area contributed by atoms with E-state index in [1.54, 1.807) is 13.8 Å². The number of hydrogen-bond donors (Lipinski definition) is 0. The molecule has 74 valence electrons. The van der Waals surface area contributed by atoms with Crippen molar-refractivity contribution in [1.82, 2.24) is 15.4 Å². The van der Waals surface area contributed by atoms with Gasteiger partial charge in [0.2, 0.25) is 5.89 Å². The van der Waals surface area contributed by atoms with E-state index < -0.39 is 0 Å². The Morgan fingerprint density at radius 2 is 2.21 bits per heavy atom. The van der Waals surface area contributed by atoms with Crippen LogP contribution in [-0.4, -0.2) is 15.4 Å². The van der Waals surface area contributed by atoms with E-state index in [-0.39, 0.29) is 5.38 Å². The van der Waals surface area contributed by atoms with Crippen LogP contribution in [0, 0.1) is 6.92 Å². The lowest BCUT2D eigenvalue weighted by Crippen LogP contribution is -1.81. The van der Waals surface area contributed by atoms with E-state index in [1.165, 1.54) is 6.20 Å². The Morgan fingerprint density at radius 3 is 2.71 bits per heavy atom. The Bertz CT molecular complexity index is 435. The minimum Gasteiger partial charge on any atom is -0.419 e. The van der Waals surface area contributed by atoms with E-state index in [0.29, 0.717) is 23.1 Å². The molecule has 6 heteroatoms. The van der Waals surface area contributed by atoms with Gasteiger partial charge in [-0.05, 0) is 13.8 Å². The second-order valence-corrected chi connectivity index (χ2v) is 3.51. The summed E-state index contributed by atoms with van der Waals surface area (Å²) in [5, 5.41) is 11.0. The molecule has 1 unspecified atom stereocenters. The van der Waals surface area contributed by atoms with Crippen LogP contribution >= 0.6 is 11.6 Å². The first kappa shape index (κ1) is 9.21. The monoisotopic (exact) mass is 213 g/mol. The fourth-order valence-corrected chi connectivity index (χ4v) is 1.10. The Hall–Kier alpha value is -1.36. The van der Waals surface area contributed by atoms with Gasteiger partial charge in [0.15, 0.2) is 0 Å². The molecule has 0 saturated heterocycles. The molecule has 0 N–H and O–H groups in total. The lowest BCUT2D eigenvalue weighted by atomic mass is 10.3. The summed E-state index contributed by atoms with van der Waals surface area (Å²) in [6.07, 6.45) is 1.53. The molecule has 0 aromatic carbocycles. The lowest BCUT2D eigenvalue weighted by Gasteiger charge is -1.91. The number of nitrogens with zero attached hydrogens (tertiary/aromatic N) is 3. The zero-order chi connectivity index (χ0) is 10.1. The van der Waals surface area contributed by atoms with Crippen molar-refractivity contribution in [1.29, 1.82) is 0 Å². The maximum absolute atomic E-state index is 5.78. The summed E-state index contributed by atoms with van der Waals surface area (Å²) >= 11 is 5.78. The topological polar surface area (TPSA) is 65.0 Å². The van der Waals surface area contributed by atoms with Gasteiger partial charge in [-0.25, -0.2) is 0 Å². The van der Waals surface area contributed by atoms with Gasteiger partial charge in [0.1, 0.15) is 16.7 Å². The largest absolute Gasteiger partial charge is 0.419 e. The Morgan fingerprint density at radius 1 is 1.43 bits per heavy atom. The van der Waals surface area contributed by atoms with Crippen LogP contribution in [0.5, 0.6) is 0 Å². The van der Waals surface area contributed by atoms with Gasteiger partial charge in [0, 0.05) is 0 Å². The number of hydrogen-bond acceptors (Lipinski definition) is 5. The molecule has 2 aromatic rings. The predicted octanol–water partition coefficient (Wildman–Crippen LogP) is 2.33. The van der Waals surface area contributed by atoms with Gasteiger partial charge in [-0.2, -0.15) is 0 Å². The van der Waals surface area contributed by atoms with Crippen molar-refractivity contribution >= 4 is 11.6 Å². The minimum atomic E-state index is -0.295. The van der Waals surface area contributed by atoms with Gasteiger partial charge in [0.25, 0.3) is 5.89 Å². The van der Waals surface area contributed by atoms with Crippen LogP contribution in [0.25, 0.3) is 11.5 Å². The van der Waals surface area contributed by atoms with Crippen LogP contribution in [0.15, 0.2) is 15.1 Å². The van der Waals surface area contributed by atoms with Gasteiger partial charge in [0.05, 0.1) is 6.20 Å². The lowest BCUT2D eigenvalue weighted by molar-refractivity contribution is 0.397. The van der Waals surface area contributed by atoms with Gasteiger partial charge in [-0.1, -0.05) is 5.16 Å². The highest BCUT2D eigenvalue weighted by Gasteiger charge is 2.16. The van der Waals surface area contributed by atoms with Crippen LogP contribution in [0.2, 0.25) is 0 Å². The van der Waals surface area contributed by atoms with Crippen LogP contribution in [-0.2, 0) is 0 Å². The van der Waals surface area contributed by atoms with Crippen LogP contribution in [0.1, 0.15) is 24.0 Å². The first-order chi connectivity index (χ1) is 6.68. The standard InChI is InChI=1S/C8H8ClN3O2/c1-4(9)7-11-12-8(13-7)6-3-10-14-5(6)2/h3-4H,1-2H3. The third kappa shape index (κ3) is 1.50. The molecule has 14 heavy (non-hydrogen) atoms. The third-order valence-electron chi connectivity index (χ3n) is 1.76. The molecule has 1 atom stereocenters. The number of halogens is 1. The zero-order valence-electron chi connectivity index (χ0n) is 7.69. The molecule has 0 spiro atoms. The van der Waals surface area contributed by atoms with E-state index in [2.05, 4.69) is 15.4 Å². The predicted molar refractivity (Wildman–Crippen MR) is 48.8 cm³/mol. The highest BCUT2D eigenvalue weighted by atomic mass is 35.5. The molecule has 2 aromatic heterocycles. The molecule has 0 aliphatic carbocycles. The quantitative estimate of drug-likeness (QED) is 0.717. The first-order valence-electron chi connectivity index (χ1n) is 4.07. The molecule has 0 radical (unpaired) electrons. The molecule has 0 bridgehead atoms. The van der Waals surface area contributed by atoms with Gasteiger partial charge < -0.3 is 8.94 Å². The van der Waals surface area contributed by atoms with E-state index in [4.69, 9.17) is 20.5 Å². The zero-order valence-corrected chi connectivity index (χ0v) is 8.45. The number of aryl methyl sites for hydroxylation is 1. The number of rotatable bonds is 2. The van der Waals surface area contributed by atoms with Crippen LogP contribution < -0.4 is 0 Å². The average Bonchev–Trinajstić information content (AvgIpc) is 2.71. The summed E-state index contributed by atoms with van der Waals surface area (Å²) in [5.41, 5.74) is 0.695.